The number of nitrogens with one attached hydrogen (secondary N) is 1. The Kier molecular flexibility index (Phi) is 3.63. The van der Waals surface area contributed by atoms with Crippen LogP contribution in [0.4, 0.5) is 0 Å². The van der Waals surface area contributed by atoms with E-state index in [2.05, 4.69) is 20.2 Å². The zero-order valence-corrected chi connectivity index (χ0v) is 13.1. The van der Waals surface area contributed by atoms with Crippen LogP contribution in [0.15, 0.2) is 29.9 Å². The number of aromatic nitrogens is 2. The molecule has 22 heavy (non-hydrogen) atoms. The predicted octanol–water partition coefficient (Wildman–Crippen LogP) is 2.03. The van der Waals surface area contributed by atoms with Crippen LogP contribution >= 0.6 is 11.3 Å². The minimum absolute atomic E-state index is 0.0508. The van der Waals surface area contributed by atoms with Gasteiger partial charge in [-0.25, -0.2) is 4.98 Å². The van der Waals surface area contributed by atoms with Crippen molar-refractivity contribution in [3.05, 3.63) is 35.6 Å². The van der Waals surface area contributed by atoms with Gasteiger partial charge >= 0.3 is 0 Å². The molecule has 3 aliphatic rings. The van der Waals surface area contributed by atoms with Crippen LogP contribution in [0.2, 0.25) is 0 Å². The van der Waals surface area contributed by atoms with E-state index in [-0.39, 0.29) is 11.9 Å². The molecule has 0 saturated carbocycles. The second-order valence-electron chi connectivity index (χ2n) is 6.00. The van der Waals surface area contributed by atoms with Gasteiger partial charge in [-0.1, -0.05) is 0 Å². The summed E-state index contributed by atoms with van der Waals surface area (Å²) in [5, 5.41) is 5.85. The first-order valence-corrected chi connectivity index (χ1v) is 8.57. The number of carbonyl (C=O) groups excluding carboxylic acids is 1. The second kappa shape index (κ2) is 5.78. The molecule has 3 saturated heterocycles. The van der Waals surface area contributed by atoms with E-state index in [0.29, 0.717) is 11.6 Å². The highest BCUT2D eigenvalue weighted by atomic mass is 32.1. The van der Waals surface area contributed by atoms with E-state index in [1.807, 2.05) is 17.5 Å². The number of rotatable bonds is 3. The maximum Gasteiger partial charge on any atom is 0.271 e. The van der Waals surface area contributed by atoms with Crippen molar-refractivity contribution in [2.75, 3.05) is 19.6 Å². The number of pyridine rings is 1. The molecule has 2 aromatic heterocycles. The Labute approximate surface area is 133 Å². The molecule has 1 unspecified atom stereocenters. The van der Waals surface area contributed by atoms with E-state index in [0.717, 1.165) is 17.1 Å². The first kappa shape index (κ1) is 13.8. The molecule has 0 aliphatic carbocycles. The molecule has 0 spiro atoms. The maximum absolute atomic E-state index is 12.4. The van der Waals surface area contributed by atoms with E-state index in [1.54, 1.807) is 12.4 Å². The van der Waals surface area contributed by atoms with Gasteiger partial charge in [-0.2, -0.15) is 0 Å². The van der Waals surface area contributed by atoms with Gasteiger partial charge in [0.05, 0.1) is 0 Å². The van der Waals surface area contributed by atoms with Crippen molar-refractivity contribution in [2.24, 2.45) is 5.92 Å². The Hall–Kier alpha value is -1.79. The van der Waals surface area contributed by atoms with Gasteiger partial charge in [0.2, 0.25) is 0 Å². The lowest BCUT2D eigenvalue weighted by Gasteiger charge is -2.44. The van der Waals surface area contributed by atoms with Crippen LogP contribution in [-0.4, -0.2) is 46.5 Å². The molecule has 0 radical (unpaired) electrons. The van der Waals surface area contributed by atoms with E-state index in [4.69, 9.17) is 0 Å². The molecule has 3 fully saturated rings. The minimum atomic E-state index is -0.0508. The smallest absolute Gasteiger partial charge is 0.271 e. The van der Waals surface area contributed by atoms with Crippen molar-refractivity contribution >= 4 is 17.2 Å². The quantitative estimate of drug-likeness (QED) is 0.942. The molecule has 6 heteroatoms. The largest absolute Gasteiger partial charge is 0.346 e. The zero-order valence-electron chi connectivity index (χ0n) is 12.2. The fourth-order valence-electron chi connectivity index (χ4n) is 3.37. The van der Waals surface area contributed by atoms with Gasteiger partial charge in [-0.3, -0.25) is 9.78 Å². The molecule has 5 nitrogen and oxygen atoms in total. The monoisotopic (exact) mass is 314 g/mol. The molecule has 1 atom stereocenters. The van der Waals surface area contributed by atoms with Crippen LogP contribution in [-0.2, 0) is 0 Å². The molecule has 2 bridgehead atoms. The summed E-state index contributed by atoms with van der Waals surface area (Å²) in [6, 6.07) is 4.11. The molecular formula is C16H18N4OS. The summed E-state index contributed by atoms with van der Waals surface area (Å²) in [7, 11) is 0. The average Bonchev–Trinajstić information content (AvgIpc) is 3.07. The number of nitrogens with zero attached hydrogens (tertiary/aromatic N) is 3. The molecule has 2 aromatic rings. The van der Waals surface area contributed by atoms with Crippen LogP contribution in [0.3, 0.4) is 0 Å². The number of thiazole rings is 1. The Morgan fingerprint density at radius 3 is 2.91 bits per heavy atom. The summed E-state index contributed by atoms with van der Waals surface area (Å²) < 4.78 is 0. The fourth-order valence-corrected chi connectivity index (χ4v) is 4.16. The maximum atomic E-state index is 12.4. The Morgan fingerprint density at radius 1 is 1.36 bits per heavy atom. The summed E-state index contributed by atoms with van der Waals surface area (Å²) in [5.41, 5.74) is 1.47. The van der Waals surface area contributed by atoms with Gasteiger partial charge < -0.3 is 10.2 Å². The van der Waals surface area contributed by atoms with Gasteiger partial charge in [-0.05, 0) is 44.0 Å². The van der Waals surface area contributed by atoms with Crippen molar-refractivity contribution in [3.8, 4) is 10.6 Å². The zero-order chi connectivity index (χ0) is 14.9. The number of carbonyl (C=O) groups is 1. The fraction of sp³-hybridized carbons (Fsp3) is 0.438. The number of piperidine rings is 3. The highest BCUT2D eigenvalue weighted by molar-refractivity contribution is 7.13. The van der Waals surface area contributed by atoms with Crippen molar-refractivity contribution in [2.45, 2.75) is 18.9 Å². The molecule has 5 heterocycles. The van der Waals surface area contributed by atoms with Crippen LogP contribution in [0.25, 0.3) is 10.6 Å². The molecule has 1 amide bonds. The molecule has 5 rings (SSSR count). The normalized spacial score (nSPS) is 26.8. The summed E-state index contributed by atoms with van der Waals surface area (Å²) in [5.74, 6) is 0.579. The van der Waals surface area contributed by atoms with Gasteiger partial charge in [0.1, 0.15) is 10.7 Å². The van der Waals surface area contributed by atoms with Gasteiger partial charge in [0, 0.05) is 35.9 Å². The lowest BCUT2D eigenvalue weighted by Crippen LogP contribution is -2.57. The highest BCUT2D eigenvalue weighted by Crippen LogP contribution is 2.28. The van der Waals surface area contributed by atoms with Crippen molar-refractivity contribution in [1.29, 1.82) is 0 Å². The number of hydrogen-bond donors (Lipinski definition) is 1. The highest BCUT2D eigenvalue weighted by Gasteiger charge is 2.35. The average molecular weight is 314 g/mol. The van der Waals surface area contributed by atoms with Gasteiger partial charge in [0.25, 0.3) is 5.91 Å². The molecule has 3 aliphatic heterocycles. The predicted molar refractivity (Wildman–Crippen MR) is 85.8 cm³/mol. The van der Waals surface area contributed by atoms with E-state index in [9.17, 15) is 4.79 Å². The van der Waals surface area contributed by atoms with E-state index in [1.165, 1.54) is 37.3 Å². The summed E-state index contributed by atoms with van der Waals surface area (Å²) >= 11 is 1.49. The van der Waals surface area contributed by atoms with Crippen LogP contribution in [0, 0.1) is 5.92 Å². The molecule has 1 N–H and O–H groups in total. The molecular weight excluding hydrogens is 296 g/mol. The van der Waals surface area contributed by atoms with E-state index >= 15 is 0 Å². The Bertz CT molecular complexity index is 664. The van der Waals surface area contributed by atoms with Crippen molar-refractivity contribution in [1.82, 2.24) is 20.2 Å². The summed E-state index contributed by atoms with van der Waals surface area (Å²) in [4.78, 5) is 23.4. The second-order valence-corrected chi connectivity index (χ2v) is 6.86. The van der Waals surface area contributed by atoms with Crippen LogP contribution in [0.1, 0.15) is 23.3 Å². The third-order valence-corrected chi connectivity index (χ3v) is 5.51. The third kappa shape index (κ3) is 2.64. The molecule has 0 aromatic carbocycles. The topological polar surface area (TPSA) is 58.1 Å². The SMILES string of the molecule is O=C(NC1CN2CCC1CC2)c1csc(-c2cccnc2)n1. The standard InChI is InChI=1S/C16H18N4OS/c21-15(18-13-9-20-6-3-11(13)4-7-20)14-10-22-16(19-14)12-2-1-5-17-8-12/h1-2,5,8,10-11,13H,3-4,6-7,9H2,(H,18,21). The van der Waals surface area contributed by atoms with Gasteiger partial charge in [-0.15, -0.1) is 11.3 Å². The Balaban J connectivity index is 1.46. The summed E-state index contributed by atoms with van der Waals surface area (Å²) in [6.45, 7) is 3.34. The first-order valence-electron chi connectivity index (χ1n) is 7.69. The van der Waals surface area contributed by atoms with Crippen molar-refractivity contribution in [3.63, 3.8) is 0 Å². The lowest BCUT2D eigenvalue weighted by molar-refractivity contribution is 0.0618. The summed E-state index contributed by atoms with van der Waals surface area (Å²) in [6.07, 6.45) is 5.90. The number of amides is 1. The Morgan fingerprint density at radius 2 is 2.23 bits per heavy atom. The lowest BCUT2D eigenvalue weighted by atomic mass is 9.84. The van der Waals surface area contributed by atoms with Crippen LogP contribution < -0.4 is 5.32 Å². The first-order chi connectivity index (χ1) is 10.8. The number of fused-ring (bicyclic) bond motifs is 3. The third-order valence-electron chi connectivity index (χ3n) is 4.62. The van der Waals surface area contributed by atoms with Gasteiger partial charge in [0.15, 0.2) is 0 Å². The minimum Gasteiger partial charge on any atom is -0.346 e. The van der Waals surface area contributed by atoms with Crippen molar-refractivity contribution < 1.29 is 4.79 Å². The van der Waals surface area contributed by atoms with Crippen LogP contribution in [0.5, 0.6) is 0 Å². The van der Waals surface area contributed by atoms with E-state index < -0.39 is 0 Å². The molecule has 114 valence electrons. The number of hydrogen-bond acceptors (Lipinski definition) is 5.